The Morgan fingerprint density at radius 2 is 2.06 bits per heavy atom. The summed E-state index contributed by atoms with van der Waals surface area (Å²) in [7, 11) is 1.83. The smallest absolute Gasteiger partial charge is 0.0698 e. The molecule has 1 aliphatic carbocycles. The Morgan fingerprint density at radius 3 is 2.81 bits per heavy atom. The van der Waals surface area contributed by atoms with Crippen LogP contribution in [0.25, 0.3) is 0 Å². The van der Waals surface area contributed by atoms with Crippen LogP contribution in [-0.4, -0.2) is 43.3 Å². The number of likely N-dealkylation sites (tertiary alicyclic amines) is 1. The molecule has 1 aliphatic heterocycles. The average Bonchev–Trinajstić information content (AvgIpc) is 2.32. The molecule has 0 aromatic heterocycles. The molecule has 2 N–H and O–H groups in total. The molecule has 4 unspecified atom stereocenters. The Morgan fingerprint density at radius 1 is 1.25 bits per heavy atom. The van der Waals surface area contributed by atoms with Crippen molar-refractivity contribution in [1.29, 1.82) is 0 Å². The fourth-order valence-electron chi connectivity index (χ4n) is 3.25. The minimum absolute atomic E-state index is 0.381. The second-order valence-corrected chi connectivity index (χ2v) is 5.64. The Hall–Kier alpha value is -0.120. The van der Waals surface area contributed by atoms with Crippen molar-refractivity contribution in [1.82, 2.24) is 4.90 Å². The SMILES string of the molecule is COC1CCCN(C2CC(C)CCC2N)C1. The summed E-state index contributed by atoms with van der Waals surface area (Å²) in [6.45, 7) is 4.66. The number of nitrogens with two attached hydrogens (primary N) is 1. The van der Waals surface area contributed by atoms with Gasteiger partial charge in [-0.3, -0.25) is 4.90 Å². The van der Waals surface area contributed by atoms with Crippen LogP contribution in [0, 0.1) is 5.92 Å². The fourth-order valence-corrected chi connectivity index (χ4v) is 3.25. The minimum Gasteiger partial charge on any atom is -0.380 e. The van der Waals surface area contributed by atoms with Crippen LogP contribution in [0.4, 0.5) is 0 Å². The van der Waals surface area contributed by atoms with Crippen LogP contribution in [0.5, 0.6) is 0 Å². The van der Waals surface area contributed by atoms with Gasteiger partial charge in [-0.05, 0) is 44.6 Å². The van der Waals surface area contributed by atoms with E-state index in [1.807, 2.05) is 7.11 Å². The summed E-state index contributed by atoms with van der Waals surface area (Å²) in [4.78, 5) is 2.58. The van der Waals surface area contributed by atoms with E-state index in [1.54, 1.807) is 0 Å². The summed E-state index contributed by atoms with van der Waals surface area (Å²) >= 11 is 0. The molecule has 0 amide bonds. The van der Waals surface area contributed by atoms with Gasteiger partial charge in [0.1, 0.15) is 0 Å². The highest BCUT2D eigenvalue weighted by Crippen LogP contribution is 2.28. The first-order chi connectivity index (χ1) is 7.70. The predicted octanol–water partition coefficient (Wildman–Crippen LogP) is 1.61. The highest BCUT2D eigenvalue weighted by atomic mass is 16.5. The number of nitrogens with zero attached hydrogens (tertiary/aromatic N) is 1. The number of hydrogen-bond acceptors (Lipinski definition) is 3. The summed E-state index contributed by atoms with van der Waals surface area (Å²) in [5.41, 5.74) is 6.28. The monoisotopic (exact) mass is 226 g/mol. The van der Waals surface area contributed by atoms with Crippen molar-refractivity contribution in [2.24, 2.45) is 11.7 Å². The van der Waals surface area contributed by atoms with Crippen LogP contribution in [0.2, 0.25) is 0 Å². The summed E-state index contributed by atoms with van der Waals surface area (Å²) < 4.78 is 5.49. The van der Waals surface area contributed by atoms with Crippen molar-refractivity contribution >= 4 is 0 Å². The topological polar surface area (TPSA) is 38.5 Å². The highest BCUT2D eigenvalue weighted by molar-refractivity contribution is 4.90. The first-order valence-corrected chi connectivity index (χ1v) is 6.73. The first kappa shape index (κ1) is 12.3. The molecule has 16 heavy (non-hydrogen) atoms. The maximum absolute atomic E-state index is 6.28. The molecule has 4 atom stereocenters. The summed E-state index contributed by atoms with van der Waals surface area (Å²) in [5.74, 6) is 0.840. The summed E-state index contributed by atoms with van der Waals surface area (Å²) in [6.07, 6.45) is 6.68. The van der Waals surface area contributed by atoms with E-state index in [0.717, 1.165) is 12.5 Å². The Bertz CT molecular complexity index is 222. The van der Waals surface area contributed by atoms with Gasteiger partial charge in [-0.2, -0.15) is 0 Å². The third-order valence-electron chi connectivity index (χ3n) is 4.34. The van der Waals surface area contributed by atoms with Crippen LogP contribution in [0.15, 0.2) is 0 Å². The van der Waals surface area contributed by atoms with Crippen LogP contribution in [0.3, 0.4) is 0 Å². The van der Waals surface area contributed by atoms with Gasteiger partial charge in [-0.15, -0.1) is 0 Å². The van der Waals surface area contributed by atoms with E-state index in [4.69, 9.17) is 10.5 Å². The zero-order chi connectivity index (χ0) is 11.5. The molecular weight excluding hydrogens is 200 g/mol. The molecule has 1 saturated heterocycles. The lowest BCUT2D eigenvalue weighted by Gasteiger charge is -2.43. The third kappa shape index (κ3) is 2.76. The summed E-state index contributed by atoms with van der Waals surface area (Å²) in [6, 6.07) is 0.980. The van der Waals surface area contributed by atoms with E-state index >= 15 is 0 Å². The number of rotatable bonds is 2. The van der Waals surface area contributed by atoms with Gasteiger partial charge >= 0.3 is 0 Å². The van der Waals surface area contributed by atoms with Gasteiger partial charge in [0.2, 0.25) is 0 Å². The molecule has 0 aromatic carbocycles. The van der Waals surface area contributed by atoms with E-state index in [1.165, 1.54) is 38.6 Å². The van der Waals surface area contributed by atoms with E-state index in [0.29, 0.717) is 18.2 Å². The number of methoxy groups -OCH3 is 1. The van der Waals surface area contributed by atoms with Gasteiger partial charge in [0.05, 0.1) is 6.10 Å². The van der Waals surface area contributed by atoms with Crippen molar-refractivity contribution in [3.63, 3.8) is 0 Å². The van der Waals surface area contributed by atoms with Crippen LogP contribution >= 0.6 is 0 Å². The zero-order valence-corrected chi connectivity index (χ0v) is 10.7. The van der Waals surface area contributed by atoms with Crippen LogP contribution in [-0.2, 0) is 4.74 Å². The number of hydrogen-bond donors (Lipinski definition) is 1. The molecule has 3 nitrogen and oxygen atoms in total. The highest BCUT2D eigenvalue weighted by Gasteiger charge is 2.33. The molecule has 0 radical (unpaired) electrons. The molecule has 0 spiro atoms. The van der Waals surface area contributed by atoms with Crippen LogP contribution in [0.1, 0.15) is 39.0 Å². The lowest BCUT2D eigenvalue weighted by atomic mass is 9.82. The van der Waals surface area contributed by atoms with Gasteiger partial charge < -0.3 is 10.5 Å². The lowest BCUT2D eigenvalue weighted by Crippen LogP contribution is -2.54. The minimum atomic E-state index is 0.381. The fraction of sp³-hybridized carbons (Fsp3) is 1.00. The molecule has 0 aromatic rings. The van der Waals surface area contributed by atoms with Crippen molar-refractivity contribution in [3.8, 4) is 0 Å². The Kier molecular flexibility index (Phi) is 4.22. The normalized spacial score (nSPS) is 42.2. The van der Waals surface area contributed by atoms with E-state index < -0.39 is 0 Å². The summed E-state index contributed by atoms with van der Waals surface area (Å²) in [5, 5.41) is 0. The molecule has 2 aliphatic rings. The molecule has 0 bridgehead atoms. The van der Waals surface area contributed by atoms with Crippen LogP contribution < -0.4 is 5.73 Å². The van der Waals surface area contributed by atoms with Crippen molar-refractivity contribution in [2.75, 3.05) is 20.2 Å². The maximum atomic E-state index is 6.28. The van der Waals surface area contributed by atoms with E-state index in [9.17, 15) is 0 Å². The van der Waals surface area contributed by atoms with Gasteiger partial charge in [0.15, 0.2) is 0 Å². The van der Waals surface area contributed by atoms with E-state index in [-0.39, 0.29) is 0 Å². The van der Waals surface area contributed by atoms with Crippen molar-refractivity contribution in [2.45, 2.75) is 57.2 Å². The quantitative estimate of drug-likeness (QED) is 0.777. The van der Waals surface area contributed by atoms with E-state index in [2.05, 4.69) is 11.8 Å². The van der Waals surface area contributed by atoms with Gasteiger partial charge in [-0.1, -0.05) is 6.92 Å². The number of ether oxygens (including phenoxy) is 1. The zero-order valence-electron chi connectivity index (χ0n) is 10.7. The molecule has 1 saturated carbocycles. The molecule has 3 heteroatoms. The molecular formula is C13H26N2O. The Balaban J connectivity index is 1.94. The number of piperidine rings is 1. The van der Waals surface area contributed by atoms with Crippen molar-refractivity contribution in [3.05, 3.63) is 0 Å². The molecule has 1 heterocycles. The average molecular weight is 226 g/mol. The second kappa shape index (κ2) is 5.48. The molecule has 2 fully saturated rings. The Labute approximate surface area is 99.3 Å². The van der Waals surface area contributed by atoms with Crippen molar-refractivity contribution < 1.29 is 4.74 Å². The van der Waals surface area contributed by atoms with Gasteiger partial charge in [-0.25, -0.2) is 0 Å². The second-order valence-electron chi connectivity index (χ2n) is 5.64. The van der Waals surface area contributed by atoms with Gasteiger partial charge in [0.25, 0.3) is 0 Å². The lowest BCUT2D eigenvalue weighted by molar-refractivity contribution is -0.000965. The maximum Gasteiger partial charge on any atom is 0.0698 e. The standard InChI is InChI=1S/C13H26N2O/c1-10-5-6-12(14)13(8-10)15-7-3-4-11(9-15)16-2/h10-13H,3-9,14H2,1-2H3. The predicted molar refractivity (Wildman–Crippen MR) is 66.4 cm³/mol. The first-order valence-electron chi connectivity index (χ1n) is 6.73. The molecule has 94 valence electrons. The third-order valence-corrected chi connectivity index (χ3v) is 4.34. The largest absolute Gasteiger partial charge is 0.380 e. The molecule has 2 rings (SSSR count). The van der Waals surface area contributed by atoms with Gasteiger partial charge in [0, 0.05) is 25.7 Å².